The molecular formula is C43H50F5N5O5. The molecule has 15 heteroatoms. The van der Waals surface area contributed by atoms with E-state index in [9.17, 15) is 36.3 Å². The molecule has 0 spiro atoms. The average molecular weight is 812 g/mol. The molecule has 58 heavy (non-hydrogen) atoms. The van der Waals surface area contributed by atoms with Gasteiger partial charge in [0.15, 0.2) is 0 Å². The zero-order chi connectivity index (χ0) is 42.1. The molecular weight excluding hydrogens is 761 g/mol. The summed E-state index contributed by atoms with van der Waals surface area (Å²) in [6, 6.07) is 10.4. The van der Waals surface area contributed by atoms with E-state index in [1.165, 1.54) is 28.8 Å². The molecule has 4 aromatic rings. The third-order valence-corrected chi connectivity index (χ3v) is 10.6. The van der Waals surface area contributed by atoms with Gasteiger partial charge in [-0.1, -0.05) is 45.9 Å². The topological polar surface area (TPSA) is 115 Å². The lowest BCUT2D eigenvalue weighted by atomic mass is 9.84. The van der Waals surface area contributed by atoms with Gasteiger partial charge < -0.3 is 19.4 Å². The van der Waals surface area contributed by atoms with Crippen LogP contribution in [0.25, 0.3) is 33.3 Å². The van der Waals surface area contributed by atoms with Gasteiger partial charge in [-0.2, -0.15) is 13.2 Å². The number of hydrogen-bond acceptors (Lipinski definition) is 7. The van der Waals surface area contributed by atoms with E-state index in [0.717, 1.165) is 0 Å². The maximum absolute atomic E-state index is 14.6. The van der Waals surface area contributed by atoms with E-state index in [0.29, 0.717) is 51.7 Å². The minimum absolute atomic E-state index is 0.0287. The van der Waals surface area contributed by atoms with E-state index in [1.807, 2.05) is 27.7 Å². The number of cyclic esters (lactones) is 1. The van der Waals surface area contributed by atoms with Crippen LogP contribution in [-0.4, -0.2) is 70.9 Å². The van der Waals surface area contributed by atoms with Crippen LogP contribution in [-0.2, 0) is 43.2 Å². The Hall–Kier alpha value is -4.89. The van der Waals surface area contributed by atoms with Crippen molar-refractivity contribution < 1.29 is 45.8 Å². The highest BCUT2D eigenvalue weighted by Gasteiger charge is 2.37. The number of nitrogens with zero attached hydrogens (tertiary/aromatic N) is 3. The summed E-state index contributed by atoms with van der Waals surface area (Å²) < 4.78 is 85.6. The lowest BCUT2D eigenvalue weighted by Crippen LogP contribution is -2.60. The summed E-state index contributed by atoms with van der Waals surface area (Å²) in [5, 5.41) is 4.53. The SMILES string of the molecule is CO[C@@H](C)c1ncccc1-c1c2c3cc(ccc3n1CC(F)(F)F)-c1cc(cc(C(F)F)c1)C[C@H](NC(=O)CC(C)C)C(=O)N1CCC[C@H](N1)C(=O)OCC(C)(C)C2. The van der Waals surface area contributed by atoms with Crippen molar-refractivity contribution in [1.29, 1.82) is 0 Å². The van der Waals surface area contributed by atoms with E-state index < -0.39 is 60.5 Å². The lowest BCUT2D eigenvalue weighted by Gasteiger charge is -2.35. The van der Waals surface area contributed by atoms with Gasteiger partial charge >= 0.3 is 12.1 Å². The Kier molecular flexibility index (Phi) is 12.6. The second kappa shape index (κ2) is 17.1. The molecule has 0 saturated carbocycles. The van der Waals surface area contributed by atoms with E-state index in [-0.39, 0.29) is 55.1 Å². The molecule has 1 fully saturated rings. The van der Waals surface area contributed by atoms with E-state index in [4.69, 9.17) is 9.47 Å². The number of fused-ring (bicyclic) bond motifs is 6. The molecule has 0 radical (unpaired) electrons. The summed E-state index contributed by atoms with van der Waals surface area (Å²) in [6.07, 6.45) is -5.68. The molecule has 6 rings (SSSR count). The number of carbonyl (C=O) groups excluding carboxylic acids is 3. The summed E-state index contributed by atoms with van der Waals surface area (Å²) in [6.45, 7) is 7.91. The maximum Gasteiger partial charge on any atom is 0.406 e. The van der Waals surface area contributed by atoms with Crippen molar-refractivity contribution in [2.24, 2.45) is 11.3 Å². The van der Waals surface area contributed by atoms with Crippen LogP contribution in [0.15, 0.2) is 54.7 Å². The number of carbonyl (C=O) groups is 3. The van der Waals surface area contributed by atoms with Crippen LogP contribution in [0.3, 0.4) is 0 Å². The third kappa shape index (κ3) is 9.69. The van der Waals surface area contributed by atoms with Gasteiger partial charge in [-0.15, -0.1) is 0 Å². The largest absolute Gasteiger partial charge is 0.464 e. The number of aromatic nitrogens is 2. The first-order chi connectivity index (χ1) is 27.3. The fourth-order valence-corrected chi connectivity index (χ4v) is 7.88. The Labute approximate surface area is 334 Å². The zero-order valence-electron chi connectivity index (χ0n) is 33.5. The molecule has 4 heterocycles. The fraction of sp³-hybridized carbons (Fsp3) is 0.488. The second-order valence-corrected chi connectivity index (χ2v) is 16.5. The van der Waals surface area contributed by atoms with E-state index in [1.54, 1.807) is 49.5 Å². The van der Waals surface area contributed by atoms with Crippen LogP contribution in [0.5, 0.6) is 0 Å². The first-order valence-corrected chi connectivity index (χ1v) is 19.5. The van der Waals surface area contributed by atoms with Gasteiger partial charge in [0.2, 0.25) is 5.91 Å². The molecule has 0 aliphatic carbocycles. The molecule has 312 valence electrons. The first kappa shape index (κ1) is 42.7. The number of ether oxygens (including phenoxy) is 2. The first-order valence-electron chi connectivity index (χ1n) is 19.5. The van der Waals surface area contributed by atoms with Crippen LogP contribution in [0.4, 0.5) is 22.0 Å². The number of amides is 2. The molecule has 2 N–H and O–H groups in total. The summed E-state index contributed by atoms with van der Waals surface area (Å²) in [5.74, 6) is -1.59. The minimum Gasteiger partial charge on any atom is -0.464 e. The highest BCUT2D eigenvalue weighted by Crippen LogP contribution is 2.43. The van der Waals surface area contributed by atoms with Gasteiger partial charge in [0, 0.05) is 60.1 Å². The Bertz CT molecular complexity index is 2170. The number of alkyl halides is 5. The molecule has 10 nitrogen and oxygen atoms in total. The highest BCUT2D eigenvalue weighted by atomic mass is 19.4. The van der Waals surface area contributed by atoms with E-state index >= 15 is 0 Å². The second-order valence-electron chi connectivity index (χ2n) is 16.5. The molecule has 2 aromatic heterocycles. The number of benzene rings is 2. The van der Waals surface area contributed by atoms with Crippen LogP contribution in [0, 0.1) is 11.3 Å². The highest BCUT2D eigenvalue weighted by molar-refractivity contribution is 5.95. The van der Waals surface area contributed by atoms with Crippen molar-refractivity contribution >= 4 is 28.7 Å². The number of rotatable bonds is 8. The van der Waals surface area contributed by atoms with Gasteiger partial charge in [0.25, 0.3) is 12.3 Å². The van der Waals surface area contributed by atoms with Crippen molar-refractivity contribution in [3.63, 3.8) is 0 Å². The van der Waals surface area contributed by atoms with Gasteiger partial charge in [0.1, 0.15) is 18.6 Å². The molecule has 0 unspecified atom stereocenters. The number of hydrogen-bond donors (Lipinski definition) is 2. The Morgan fingerprint density at radius 2 is 1.84 bits per heavy atom. The summed E-state index contributed by atoms with van der Waals surface area (Å²) in [5.41, 5.74) is 4.80. The molecule has 2 aromatic carbocycles. The summed E-state index contributed by atoms with van der Waals surface area (Å²) in [4.78, 5) is 45.4. The Morgan fingerprint density at radius 1 is 1.09 bits per heavy atom. The smallest absolute Gasteiger partial charge is 0.406 e. The zero-order valence-corrected chi connectivity index (χ0v) is 33.5. The number of halogens is 5. The van der Waals surface area contributed by atoms with Crippen molar-refractivity contribution in [2.45, 2.75) is 104 Å². The van der Waals surface area contributed by atoms with Gasteiger partial charge in [-0.05, 0) is 84.7 Å². The molecule has 1 saturated heterocycles. The van der Waals surface area contributed by atoms with Crippen LogP contribution >= 0.6 is 0 Å². The van der Waals surface area contributed by atoms with E-state index in [2.05, 4.69) is 15.7 Å². The van der Waals surface area contributed by atoms with Gasteiger partial charge in [-0.25, -0.2) is 14.2 Å². The Balaban J connectivity index is 1.61. The molecule has 2 aliphatic heterocycles. The molecule has 2 amide bonds. The molecule has 6 bridgehead atoms. The predicted octanol–water partition coefficient (Wildman–Crippen LogP) is 8.27. The molecule has 3 atom stereocenters. The van der Waals surface area contributed by atoms with Gasteiger partial charge in [-0.3, -0.25) is 24.4 Å². The predicted molar refractivity (Wildman–Crippen MR) is 208 cm³/mol. The number of hydrazine groups is 1. The van der Waals surface area contributed by atoms with Crippen molar-refractivity contribution in [2.75, 3.05) is 20.3 Å². The van der Waals surface area contributed by atoms with Crippen LogP contribution < -0.4 is 10.7 Å². The third-order valence-electron chi connectivity index (χ3n) is 10.6. The fourth-order valence-electron chi connectivity index (χ4n) is 7.88. The van der Waals surface area contributed by atoms with Crippen molar-refractivity contribution in [1.82, 2.24) is 25.3 Å². The minimum atomic E-state index is -4.64. The summed E-state index contributed by atoms with van der Waals surface area (Å²) >= 11 is 0. The summed E-state index contributed by atoms with van der Waals surface area (Å²) in [7, 11) is 1.48. The van der Waals surface area contributed by atoms with Gasteiger partial charge in [0.05, 0.1) is 24.1 Å². The van der Waals surface area contributed by atoms with Crippen molar-refractivity contribution in [3.8, 4) is 22.4 Å². The Morgan fingerprint density at radius 3 is 2.53 bits per heavy atom. The standard InChI is InChI=1S/C43H50F5N5O5/c1-24(2)15-36(54)50-34-18-26-16-28(19-29(17-26)39(44)45)27-11-12-35-31(20-27)32(21-42(4,5)23-58-41(56)33-10-8-14-53(51-33)40(34)55)38(52(35)22-43(46,47)48)30-9-7-13-49-37(30)25(3)57-6/h7,9,11-13,16-17,19-20,24-25,33-34,39,51H,8,10,14-15,18,21-23H2,1-6H3,(H,50,54)/t25-,33-,34-/m0/s1. The number of methoxy groups -OCH3 is 1. The molecule has 2 aliphatic rings. The number of esters is 1. The van der Waals surface area contributed by atoms with Crippen LogP contribution in [0.2, 0.25) is 0 Å². The average Bonchev–Trinajstić information content (AvgIpc) is 3.44. The quantitative estimate of drug-likeness (QED) is 0.136. The van der Waals surface area contributed by atoms with Crippen molar-refractivity contribution in [3.05, 3.63) is 77.1 Å². The normalized spacial score (nSPS) is 19.6. The monoisotopic (exact) mass is 811 g/mol. The lowest BCUT2D eigenvalue weighted by molar-refractivity contribution is -0.155. The number of pyridine rings is 1. The number of nitrogens with one attached hydrogen (secondary N) is 2. The maximum atomic E-state index is 14.6. The van der Waals surface area contributed by atoms with Crippen LogP contribution in [0.1, 0.15) is 88.8 Å².